The third-order valence-electron chi connectivity index (χ3n) is 8.50. The zero-order valence-electron chi connectivity index (χ0n) is 19.3. The van der Waals surface area contributed by atoms with Crippen LogP contribution in [0.1, 0.15) is 80.1 Å². The van der Waals surface area contributed by atoms with Crippen LogP contribution in [0.3, 0.4) is 0 Å². The summed E-state index contributed by atoms with van der Waals surface area (Å²) in [5.74, 6) is 0.901. The summed E-state index contributed by atoms with van der Waals surface area (Å²) in [6.07, 6.45) is 8.57. The number of piperidine rings is 3. The summed E-state index contributed by atoms with van der Waals surface area (Å²) in [4.78, 5) is 8.17. The van der Waals surface area contributed by atoms with E-state index in [1.807, 2.05) is 0 Å². The molecule has 0 aromatic carbocycles. The Morgan fingerprint density at radius 3 is 1.67 bits per heavy atom. The molecule has 0 N–H and O–H groups in total. The topological polar surface area (TPSA) is 9.72 Å². The highest BCUT2D eigenvalue weighted by Crippen LogP contribution is 2.43. The SMILES string of the molecule is CC(C)N1CCC(C(C)(C)CN2CCC3(CC2)CCN(C(C)C)CC3)CC1. The van der Waals surface area contributed by atoms with E-state index in [2.05, 4.69) is 56.2 Å². The van der Waals surface area contributed by atoms with E-state index in [1.54, 1.807) is 0 Å². The lowest BCUT2D eigenvalue weighted by Crippen LogP contribution is -2.51. The Morgan fingerprint density at radius 1 is 0.741 bits per heavy atom. The molecular weight excluding hydrogens is 330 g/mol. The average Bonchev–Trinajstić information content (AvgIpc) is 2.64. The van der Waals surface area contributed by atoms with E-state index in [1.165, 1.54) is 84.3 Å². The highest BCUT2D eigenvalue weighted by atomic mass is 15.2. The van der Waals surface area contributed by atoms with Gasteiger partial charge in [-0.15, -0.1) is 0 Å². The van der Waals surface area contributed by atoms with Crippen LogP contribution >= 0.6 is 0 Å². The molecule has 27 heavy (non-hydrogen) atoms. The summed E-state index contributed by atoms with van der Waals surface area (Å²) in [5, 5.41) is 0. The molecule has 1 spiro atoms. The van der Waals surface area contributed by atoms with E-state index < -0.39 is 0 Å². The molecule has 3 heteroatoms. The predicted octanol–water partition coefficient (Wildman–Crippen LogP) is 4.72. The first-order valence-corrected chi connectivity index (χ1v) is 11.9. The quantitative estimate of drug-likeness (QED) is 0.686. The molecule has 3 saturated heterocycles. The minimum Gasteiger partial charge on any atom is -0.303 e. The lowest BCUT2D eigenvalue weighted by atomic mass is 9.69. The minimum atomic E-state index is 0.467. The van der Waals surface area contributed by atoms with Gasteiger partial charge in [0.1, 0.15) is 0 Å². The largest absolute Gasteiger partial charge is 0.303 e. The van der Waals surface area contributed by atoms with Crippen molar-refractivity contribution in [1.82, 2.24) is 14.7 Å². The first-order valence-electron chi connectivity index (χ1n) is 11.9. The van der Waals surface area contributed by atoms with E-state index in [0.717, 1.165) is 18.0 Å². The Kier molecular flexibility index (Phi) is 6.97. The fourth-order valence-electron chi connectivity index (χ4n) is 6.10. The fourth-order valence-corrected chi connectivity index (χ4v) is 6.10. The molecule has 0 saturated carbocycles. The van der Waals surface area contributed by atoms with E-state index >= 15 is 0 Å². The lowest BCUT2D eigenvalue weighted by molar-refractivity contribution is -0.000332. The standard InChI is InChI=1S/C24H47N3/c1-20(2)26-13-7-22(8-14-26)23(5,6)19-25-15-9-24(10-16-25)11-17-27(18-12-24)21(3)4/h20-22H,7-19H2,1-6H3. The van der Waals surface area contributed by atoms with Gasteiger partial charge >= 0.3 is 0 Å². The van der Waals surface area contributed by atoms with Crippen molar-refractivity contribution in [3.8, 4) is 0 Å². The van der Waals surface area contributed by atoms with Crippen LogP contribution in [0.4, 0.5) is 0 Å². The zero-order valence-corrected chi connectivity index (χ0v) is 19.3. The van der Waals surface area contributed by atoms with Gasteiger partial charge in [0.15, 0.2) is 0 Å². The van der Waals surface area contributed by atoms with Gasteiger partial charge in [0.2, 0.25) is 0 Å². The number of nitrogens with zero attached hydrogens (tertiary/aromatic N) is 3. The van der Waals surface area contributed by atoms with Crippen molar-refractivity contribution in [1.29, 1.82) is 0 Å². The van der Waals surface area contributed by atoms with Crippen LogP contribution in [0, 0.1) is 16.7 Å². The van der Waals surface area contributed by atoms with E-state index in [9.17, 15) is 0 Å². The summed E-state index contributed by atoms with van der Waals surface area (Å²) in [5.41, 5.74) is 1.14. The van der Waals surface area contributed by atoms with Crippen LogP contribution in [0.25, 0.3) is 0 Å². The van der Waals surface area contributed by atoms with Crippen LogP contribution in [0.15, 0.2) is 0 Å². The smallest absolute Gasteiger partial charge is 0.00385 e. The highest BCUT2D eigenvalue weighted by Gasteiger charge is 2.40. The van der Waals surface area contributed by atoms with Gasteiger partial charge in [-0.3, -0.25) is 0 Å². The van der Waals surface area contributed by atoms with Crippen LogP contribution < -0.4 is 0 Å². The van der Waals surface area contributed by atoms with Gasteiger partial charge in [-0.25, -0.2) is 0 Å². The third-order valence-corrected chi connectivity index (χ3v) is 8.50. The second kappa shape index (κ2) is 8.71. The predicted molar refractivity (Wildman–Crippen MR) is 117 cm³/mol. The first-order chi connectivity index (χ1) is 12.7. The van der Waals surface area contributed by atoms with Gasteiger partial charge in [-0.05, 0) is 122 Å². The fraction of sp³-hybridized carbons (Fsp3) is 1.00. The van der Waals surface area contributed by atoms with Crippen molar-refractivity contribution in [2.45, 2.75) is 92.2 Å². The van der Waals surface area contributed by atoms with Crippen molar-refractivity contribution in [2.24, 2.45) is 16.7 Å². The van der Waals surface area contributed by atoms with Crippen molar-refractivity contribution in [3.05, 3.63) is 0 Å². The Balaban J connectivity index is 1.45. The minimum absolute atomic E-state index is 0.467. The Hall–Kier alpha value is -0.120. The van der Waals surface area contributed by atoms with Gasteiger partial charge in [-0.2, -0.15) is 0 Å². The zero-order chi connectivity index (χ0) is 19.7. The van der Waals surface area contributed by atoms with Gasteiger partial charge in [-0.1, -0.05) is 13.8 Å². The van der Waals surface area contributed by atoms with Crippen molar-refractivity contribution in [3.63, 3.8) is 0 Å². The molecule has 0 radical (unpaired) electrons. The first kappa shape index (κ1) is 21.6. The summed E-state index contributed by atoms with van der Waals surface area (Å²) in [6.45, 7) is 23.8. The second-order valence-electron chi connectivity index (χ2n) is 11.3. The van der Waals surface area contributed by atoms with Crippen molar-refractivity contribution < 1.29 is 0 Å². The monoisotopic (exact) mass is 377 g/mol. The highest BCUT2D eigenvalue weighted by molar-refractivity contribution is 4.93. The van der Waals surface area contributed by atoms with E-state index in [4.69, 9.17) is 0 Å². The molecule has 0 bridgehead atoms. The lowest BCUT2D eigenvalue weighted by Gasteiger charge is -2.50. The summed E-state index contributed by atoms with van der Waals surface area (Å²) in [7, 11) is 0. The Labute approximate surface area is 169 Å². The average molecular weight is 378 g/mol. The summed E-state index contributed by atoms with van der Waals surface area (Å²) < 4.78 is 0. The molecule has 0 aromatic heterocycles. The molecule has 3 rings (SSSR count). The molecule has 3 heterocycles. The Bertz CT molecular complexity index is 444. The number of likely N-dealkylation sites (tertiary alicyclic amines) is 3. The van der Waals surface area contributed by atoms with Crippen LogP contribution in [-0.4, -0.2) is 72.6 Å². The molecule has 0 atom stereocenters. The Morgan fingerprint density at radius 2 is 1.19 bits per heavy atom. The maximum Gasteiger partial charge on any atom is 0.00385 e. The van der Waals surface area contributed by atoms with Gasteiger partial charge < -0.3 is 14.7 Å². The molecule has 0 aromatic rings. The van der Waals surface area contributed by atoms with Gasteiger partial charge in [0.25, 0.3) is 0 Å². The number of hydrogen-bond acceptors (Lipinski definition) is 3. The molecule has 3 nitrogen and oxygen atoms in total. The molecule has 3 fully saturated rings. The maximum atomic E-state index is 2.81. The molecule has 0 unspecified atom stereocenters. The van der Waals surface area contributed by atoms with Crippen LogP contribution in [0.2, 0.25) is 0 Å². The number of hydrogen-bond donors (Lipinski definition) is 0. The molecule has 158 valence electrons. The molecular formula is C24H47N3. The van der Waals surface area contributed by atoms with E-state index in [-0.39, 0.29) is 0 Å². The van der Waals surface area contributed by atoms with Gasteiger partial charge in [0.05, 0.1) is 0 Å². The van der Waals surface area contributed by atoms with Crippen molar-refractivity contribution in [2.75, 3.05) is 45.8 Å². The normalized spacial score (nSPS) is 27.1. The second-order valence-corrected chi connectivity index (χ2v) is 11.3. The third kappa shape index (κ3) is 5.28. The maximum absolute atomic E-state index is 2.81. The van der Waals surface area contributed by atoms with Crippen LogP contribution in [-0.2, 0) is 0 Å². The van der Waals surface area contributed by atoms with Gasteiger partial charge in [0, 0.05) is 18.6 Å². The molecule has 3 aliphatic rings. The summed E-state index contributed by atoms with van der Waals surface area (Å²) >= 11 is 0. The summed E-state index contributed by atoms with van der Waals surface area (Å²) in [6, 6.07) is 1.44. The van der Waals surface area contributed by atoms with Crippen molar-refractivity contribution >= 4 is 0 Å². The molecule has 3 aliphatic heterocycles. The number of rotatable bonds is 5. The molecule has 0 aliphatic carbocycles. The van der Waals surface area contributed by atoms with E-state index in [0.29, 0.717) is 10.8 Å². The molecule has 0 amide bonds. The van der Waals surface area contributed by atoms with Crippen LogP contribution in [0.5, 0.6) is 0 Å².